The molecule has 4 heterocycles. The molecule has 39 heavy (non-hydrogen) atoms. The molecule has 1 aliphatic heterocycles. The number of carbonyl (C=O) groups is 1. The smallest absolute Gasteiger partial charge is 0.326 e. The highest BCUT2D eigenvalue weighted by atomic mass is 19.2. The van der Waals surface area contributed by atoms with Crippen molar-refractivity contribution in [1.82, 2.24) is 29.2 Å². The number of aromatic amines is 1. The number of amides is 1. The zero-order chi connectivity index (χ0) is 27.1. The third-order valence-electron chi connectivity index (χ3n) is 7.01. The summed E-state index contributed by atoms with van der Waals surface area (Å²) in [5.74, 6) is -2.37. The monoisotopic (exact) mass is 525 g/mol. The third-order valence-corrected chi connectivity index (χ3v) is 7.01. The highest BCUT2D eigenvalue weighted by Crippen LogP contribution is 2.29. The van der Waals surface area contributed by atoms with Crippen molar-refractivity contribution in [2.45, 2.75) is 18.9 Å². The van der Waals surface area contributed by atoms with E-state index in [1.54, 1.807) is 58.4 Å². The average molecular weight is 526 g/mol. The Bertz CT molecular complexity index is 1790. The molecule has 0 saturated carbocycles. The molecule has 1 saturated heterocycles. The van der Waals surface area contributed by atoms with E-state index < -0.39 is 23.4 Å². The highest BCUT2D eigenvalue weighted by Gasteiger charge is 2.29. The van der Waals surface area contributed by atoms with Gasteiger partial charge in [0, 0.05) is 37.1 Å². The Morgan fingerprint density at radius 2 is 1.85 bits per heavy atom. The summed E-state index contributed by atoms with van der Waals surface area (Å²) in [6.45, 7) is 0.622. The molecule has 2 aromatic carbocycles. The summed E-state index contributed by atoms with van der Waals surface area (Å²) in [7, 11) is 0. The molecule has 0 radical (unpaired) electrons. The molecule has 0 atom stereocenters. The van der Waals surface area contributed by atoms with Crippen molar-refractivity contribution in [1.29, 1.82) is 5.26 Å². The summed E-state index contributed by atoms with van der Waals surface area (Å²) in [5.41, 5.74) is 2.47. The van der Waals surface area contributed by atoms with Crippen LogP contribution in [0, 0.1) is 23.0 Å². The molecule has 1 aliphatic rings. The molecule has 6 rings (SSSR count). The zero-order valence-corrected chi connectivity index (χ0v) is 20.5. The molecule has 194 valence electrons. The van der Waals surface area contributed by atoms with Gasteiger partial charge in [0.15, 0.2) is 17.3 Å². The van der Waals surface area contributed by atoms with Crippen LogP contribution in [0.15, 0.2) is 71.8 Å². The van der Waals surface area contributed by atoms with Crippen LogP contribution in [-0.4, -0.2) is 48.2 Å². The second kappa shape index (κ2) is 9.64. The standard InChI is InChI=1S/C28H21F2N7O2/c29-21-7-8-22-26(25(21)30)36(28(39)33-22)19-9-12-35(13-10-19)27(38)23-14-24(18-2-1-11-32-16-18)37(34-23)20-5-3-17(15-31)4-6-20/h1-8,11,14,16,19H,9-10,12-13H2,(H,33,39). The molecule has 5 aromatic rings. The minimum atomic E-state index is -1.07. The highest BCUT2D eigenvalue weighted by molar-refractivity contribution is 5.93. The number of aromatic nitrogens is 5. The molecule has 1 fully saturated rings. The fraction of sp³-hybridized carbons (Fsp3) is 0.179. The number of rotatable bonds is 4. The maximum Gasteiger partial charge on any atom is 0.326 e. The van der Waals surface area contributed by atoms with Crippen molar-refractivity contribution in [3.63, 3.8) is 0 Å². The van der Waals surface area contributed by atoms with Crippen molar-refractivity contribution >= 4 is 16.9 Å². The molecule has 11 heteroatoms. The molecule has 1 N–H and O–H groups in total. The fourth-order valence-corrected chi connectivity index (χ4v) is 5.07. The van der Waals surface area contributed by atoms with Crippen LogP contribution in [0.3, 0.4) is 0 Å². The maximum atomic E-state index is 14.6. The number of hydrogen-bond donors (Lipinski definition) is 1. The molecule has 9 nitrogen and oxygen atoms in total. The van der Waals surface area contributed by atoms with E-state index in [0.717, 1.165) is 11.6 Å². The molecule has 0 bridgehead atoms. The van der Waals surface area contributed by atoms with Gasteiger partial charge >= 0.3 is 5.69 Å². The quantitative estimate of drug-likeness (QED) is 0.378. The number of nitriles is 1. The number of likely N-dealkylation sites (tertiary alicyclic amines) is 1. The van der Waals surface area contributed by atoms with Gasteiger partial charge in [-0.1, -0.05) is 0 Å². The summed E-state index contributed by atoms with van der Waals surface area (Å²) in [5, 5.41) is 13.7. The summed E-state index contributed by atoms with van der Waals surface area (Å²) < 4.78 is 31.4. The van der Waals surface area contributed by atoms with Gasteiger partial charge in [0.25, 0.3) is 5.91 Å². The lowest BCUT2D eigenvalue weighted by atomic mass is 10.0. The summed E-state index contributed by atoms with van der Waals surface area (Å²) in [6, 6.07) is 16.2. The molecule has 0 aliphatic carbocycles. The lowest BCUT2D eigenvalue weighted by Crippen LogP contribution is -2.40. The van der Waals surface area contributed by atoms with Crippen LogP contribution in [-0.2, 0) is 0 Å². The SMILES string of the molecule is N#Cc1ccc(-n2nc(C(=O)N3CCC(n4c(=O)[nH]c5ccc(F)c(F)c54)CC3)cc2-c2cccnc2)cc1. The molecule has 1 amide bonds. The average Bonchev–Trinajstić information content (AvgIpc) is 3.57. The van der Waals surface area contributed by atoms with Crippen LogP contribution in [0.4, 0.5) is 8.78 Å². The first-order chi connectivity index (χ1) is 18.9. The Labute approximate surface area is 220 Å². The van der Waals surface area contributed by atoms with Crippen molar-refractivity contribution in [3.8, 4) is 23.0 Å². The van der Waals surface area contributed by atoms with Crippen LogP contribution in [0.25, 0.3) is 28.0 Å². The fourth-order valence-electron chi connectivity index (χ4n) is 5.07. The minimum Gasteiger partial charge on any atom is -0.337 e. The molecule has 0 spiro atoms. The number of fused-ring (bicyclic) bond motifs is 1. The Morgan fingerprint density at radius 3 is 2.54 bits per heavy atom. The lowest BCUT2D eigenvalue weighted by Gasteiger charge is -2.32. The summed E-state index contributed by atoms with van der Waals surface area (Å²) >= 11 is 0. The number of halogens is 2. The van der Waals surface area contributed by atoms with E-state index in [4.69, 9.17) is 5.26 Å². The van der Waals surface area contributed by atoms with Crippen LogP contribution in [0.1, 0.15) is 34.9 Å². The van der Waals surface area contributed by atoms with Gasteiger partial charge in [-0.25, -0.2) is 18.3 Å². The van der Waals surface area contributed by atoms with Gasteiger partial charge in [0.2, 0.25) is 0 Å². The van der Waals surface area contributed by atoms with Crippen LogP contribution < -0.4 is 5.69 Å². The number of hydrogen-bond acceptors (Lipinski definition) is 5. The van der Waals surface area contributed by atoms with Crippen LogP contribution >= 0.6 is 0 Å². The maximum absolute atomic E-state index is 14.6. The largest absolute Gasteiger partial charge is 0.337 e. The van der Waals surface area contributed by atoms with Gasteiger partial charge in [-0.3, -0.25) is 14.3 Å². The summed E-state index contributed by atoms with van der Waals surface area (Å²) in [4.78, 5) is 34.5. The normalized spacial score (nSPS) is 14.0. The van der Waals surface area contributed by atoms with E-state index in [2.05, 4.69) is 21.1 Å². The van der Waals surface area contributed by atoms with E-state index in [1.807, 2.05) is 6.07 Å². The number of imidazole rings is 1. The van der Waals surface area contributed by atoms with E-state index in [9.17, 15) is 18.4 Å². The van der Waals surface area contributed by atoms with Gasteiger partial charge in [-0.05, 0) is 67.4 Å². The van der Waals surface area contributed by atoms with E-state index in [-0.39, 0.29) is 22.6 Å². The molecule has 3 aromatic heterocycles. The van der Waals surface area contributed by atoms with Gasteiger partial charge in [0.05, 0.1) is 28.5 Å². The second-order valence-electron chi connectivity index (χ2n) is 9.31. The number of H-pyrrole nitrogens is 1. The Kier molecular flexibility index (Phi) is 5.99. The number of benzene rings is 2. The first-order valence-electron chi connectivity index (χ1n) is 12.3. The number of piperidine rings is 1. The molecular weight excluding hydrogens is 504 g/mol. The zero-order valence-electron chi connectivity index (χ0n) is 20.5. The van der Waals surface area contributed by atoms with Crippen molar-refractivity contribution < 1.29 is 13.6 Å². The first kappa shape index (κ1) is 24.2. The Hall–Kier alpha value is -5.11. The predicted octanol–water partition coefficient (Wildman–Crippen LogP) is 4.20. The second-order valence-corrected chi connectivity index (χ2v) is 9.31. The predicted molar refractivity (Wildman–Crippen MR) is 138 cm³/mol. The third kappa shape index (κ3) is 4.25. The minimum absolute atomic E-state index is 0.0907. The lowest BCUT2D eigenvalue weighted by molar-refractivity contribution is 0.0688. The van der Waals surface area contributed by atoms with Gasteiger partial charge in [-0.2, -0.15) is 10.4 Å². The van der Waals surface area contributed by atoms with E-state index in [1.165, 1.54) is 10.6 Å². The van der Waals surface area contributed by atoms with Crippen molar-refractivity contribution in [2.24, 2.45) is 0 Å². The van der Waals surface area contributed by atoms with Crippen LogP contribution in [0.5, 0.6) is 0 Å². The van der Waals surface area contributed by atoms with E-state index in [0.29, 0.717) is 42.9 Å². The summed E-state index contributed by atoms with van der Waals surface area (Å²) in [6.07, 6.45) is 4.11. The number of carbonyl (C=O) groups excluding carboxylic acids is 1. The van der Waals surface area contributed by atoms with Crippen molar-refractivity contribution in [3.05, 3.63) is 100 Å². The molecule has 0 unspecified atom stereocenters. The number of nitrogens with one attached hydrogen (secondary N) is 1. The van der Waals surface area contributed by atoms with Gasteiger partial charge in [-0.15, -0.1) is 0 Å². The number of nitrogens with zero attached hydrogens (tertiary/aromatic N) is 6. The van der Waals surface area contributed by atoms with Crippen molar-refractivity contribution in [2.75, 3.05) is 13.1 Å². The first-order valence-corrected chi connectivity index (χ1v) is 12.3. The Balaban J connectivity index is 1.28. The van der Waals surface area contributed by atoms with Crippen LogP contribution in [0.2, 0.25) is 0 Å². The topological polar surface area (TPSA) is 113 Å². The van der Waals surface area contributed by atoms with E-state index >= 15 is 0 Å². The van der Waals surface area contributed by atoms with Gasteiger partial charge < -0.3 is 9.88 Å². The van der Waals surface area contributed by atoms with Gasteiger partial charge in [0.1, 0.15) is 5.52 Å². The Morgan fingerprint density at radius 1 is 1.08 bits per heavy atom. The number of pyridine rings is 1. The molecular formula is C28H21F2N7O2.